The predicted octanol–water partition coefficient (Wildman–Crippen LogP) is 3.20. The second kappa shape index (κ2) is 6.49. The quantitative estimate of drug-likeness (QED) is 0.837. The monoisotopic (exact) mass is 346 g/mol. The molecule has 0 bridgehead atoms. The van der Waals surface area contributed by atoms with Crippen LogP contribution in [0.3, 0.4) is 0 Å². The molecule has 4 rings (SSSR count). The zero-order chi connectivity index (χ0) is 16.5. The average molecular weight is 346 g/mol. The number of halogens is 1. The highest BCUT2D eigenvalue weighted by atomic mass is 32.1. The Hall–Kier alpha value is -1.99. The van der Waals surface area contributed by atoms with E-state index >= 15 is 0 Å². The van der Waals surface area contributed by atoms with E-state index in [1.54, 1.807) is 23.5 Å². The molecule has 1 aromatic heterocycles. The van der Waals surface area contributed by atoms with Crippen molar-refractivity contribution in [2.24, 2.45) is 5.16 Å². The van der Waals surface area contributed by atoms with Gasteiger partial charge < -0.3 is 15.9 Å². The van der Waals surface area contributed by atoms with Crippen molar-refractivity contribution >= 4 is 22.7 Å². The Balaban J connectivity index is 1.50. The van der Waals surface area contributed by atoms with Gasteiger partial charge in [0.1, 0.15) is 11.5 Å². The molecule has 2 aromatic rings. The van der Waals surface area contributed by atoms with Gasteiger partial charge in [0.15, 0.2) is 6.10 Å². The van der Waals surface area contributed by atoms with Gasteiger partial charge in [-0.25, -0.2) is 9.37 Å². The fraction of sp³-hybridized carbons (Fsp3) is 0.412. The third kappa shape index (κ3) is 2.89. The largest absolute Gasteiger partial charge is 0.398 e. The molecule has 7 heteroatoms. The Morgan fingerprint density at radius 3 is 2.92 bits per heavy atom. The van der Waals surface area contributed by atoms with E-state index in [1.807, 2.05) is 5.38 Å². The fourth-order valence-corrected chi connectivity index (χ4v) is 4.25. The first-order valence-corrected chi connectivity index (χ1v) is 9.03. The summed E-state index contributed by atoms with van der Waals surface area (Å²) in [5, 5.41) is 10.7. The minimum absolute atomic E-state index is 0.356. The maximum absolute atomic E-state index is 14.0. The van der Waals surface area contributed by atoms with Crippen molar-refractivity contribution in [1.82, 2.24) is 10.3 Å². The molecule has 126 valence electrons. The van der Waals surface area contributed by atoms with Crippen LogP contribution in [0.15, 0.2) is 28.7 Å². The van der Waals surface area contributed by atoms with Gasteiger partial charge in [0, 0.05) is 23.4 Å². The molecule has 5 nitrogen and oxygen atoms in total. The first-order valence-electron chi connectivity index (χ1n) is 8.15. The molecule has 0 amide bonds. The van der Waals surface area contributed by atoms with E-state index < -0.39 is 6.10 Å². The van der Waals surface area contributed by atoms with Crippen LogP contribution in [0, 0.1) is 5.82 Å². The third-order valence-corrected chi connectivity index (χ3v) is 5.59. The number of rotatable bonds is 3. The molecular weight excluding hydrogens is 327 g/mol. The molecule has 2 aliphatic rings. The smallest absolute Gasteiger partial charge is 0.163 e. The molecular formula is C17H19FN4OS. The van der Waals surface area contributed by atoms with E-state index in [1.165, 1.54) is 6.07 Å². The molecule has 24 heavy (non-hydrogen) atoms. The van der Waals surface area contributed by atoms with Gasteiger partial charge in [-0.1, -0.05) is 11.2 Å². The number of aromatic nitrogens is 1. The molecule has 0 radical (unpaired) electrons. The Bertz CT molecular complexity index is 749. The standard InChI is InChI=1S/C17H19FN4OS/c18-11-2-1-3-12(19)16(11)15-8-13(22-23-15)14-9-24-17(21-14)10-4-6-20-7-5-10/h1-3,9-10,15,20H,4-8,19H2. The van der Waals surface area contributed by atoms with Crippen molar-refractivity contribution in [3.8, 4) is 0 Å². The zero-order valence-electron chi connectivity index (χ0n) is 13.2. The van der Waals surface area contributed by atoms with E-state index in [4.69, 9.17) is 15.6 Å². The molecule has 3 N–H and O–H groups in total. The van der Waals surface area contributed by atoms with Gasteiger partial charge in [0.25, 0.3) is 0 Å². The highest BCUT2D eigenvalue weighted by molar-refractivity contribution is 7.09. The van der Waals surface area contributed by atoms with Crippen LogP contribution in [-0.2, 0) is 4.84 Å². The van der Waals surface area contributed by atoms with Gasteiger partial charge in [0.05, 0.1) is 16.3 Å². The number of hydrogen-bond acceptors (Lipinski definition) is 6. The fourth-order valence-electron chi connectivity index (χ4n) is 3.25. The molecule has 0 saturated carbocycles. The summed E-state index contributed by atoms with van der Waals surface area (Å²) in [5.74, 6) is 0.163. The number of hydrogen-bond donors (Lipinski definition) is 2. The number of thiazole rings is 1. The number of benzene rings is 1. The second-order valence-corrected chi connectivity index (χ2v) is 7.06. The lowest BCUT2D eigenvalue weighted by Crippen LogP contribution is -2.26. The molecule has 1 saturated heterocycles. The summed E-state index contributed by atoms with van der Waals surface area (Å²) in [5.41, 5.74) is 8.27. The predicted molar refractivity (Wildman–Crippen MR) is 92.8 cm³/mol. The van der Waals surface area contributed by atoms with Crippen LogP contribution < -0.4 is 11.1 Å². The maximum Gasteiger partial charge on any atom is 0.163 e. The Labute approximate surface area is 143 Å². The first-order chi connectivity index (χ1) is 11.7. The summed E-state index contributed by atoms with van der Waals surface area (Å²) < 4.78 is 14.0. The zero-order valence-corrected chi connectivity index (χ0v) is 14.0. The van der Waals surface area contributed by atoms with Crippen LogP contribution in [-0.4, -0.2) is 23.8 Å². The Morgan fingerprint density at radius 1 is 1.29 bits per heavy atom. The topological polar surface area (TPSA) is 72.5 Å². The number of nitrogens with zero attached hydrogens (tertiary/aromatic N) is 2. The number of nitrogen functional groups attached to an aromatic ring is 1. The first kappa shape index (κ1) is 15.5. The van der Waals surface area contributed by atoms with E-state index in [0.717, 1.165) is 42.3 Å². The lowest BCUT2D eigenvalue weighted by Gasteiger charge is -2.20. The maximum atomic E-state index is 14.0. The highest BCUT2D eigenvalue weighted by Crippen LogP contribution is 2.35. The summed E-state index contributed by atoms with van der Waals surface area (Å²) in [6.45, 7) is 2.08. The van der Waals surface area contributed by atoms with Crippen molar-refractivity contribution in [1.29, 1.82) is 0 Å². The van der Waals surface area contributed by atoms with Gasteiger partial charge in [-0.05, 0) is 38.1 Å². The molecule has 1 atom stereocenters. The minimum Gasteiger partial charge on any atom is -0.398 e. The lowest BCUT2D eigenvalue weighted by atomic mass is 9.99. The van der Waals surface area contributed by atoms with Gasteiger partial charge in [0.2, 0.25) is 0 Å². The molecule has 1 aromatic carbocycles. The number of nitrogens with two attached hydrogens (primary N) is 1. The number of nitrogens with one attached hydrogen (secondary N) is 1. The number of anilines is 1. The van der Waals surface area contributed by atoms with E-state index in [9.17, 15) is 4.39 Å². The summed E-state index contributed by atoms with van der Waals surface area (Å²) in [6.07, 6.45) is 2.24. The molecule has 3 heterocycles. The molecule has 2 aliphatic heterocycles. The van der Waals surface area contributed by atoms with Crippen molar-refractivity contribution in [3.05, 3.63) is 45.7 Å². The molecule has 0 aliphatic carbocycles. The van der Waals surface area contributed by atoms with Gasteiger partial charge in [-0.2, -0.15) is 0 Å². The Kier molecular flexibility index (Phi) is 4.20. The normalized spacial score (nSPS) is 21.5. The van der Waals surface area contributed by atoms with Crippen LogP contribution in [0.2, 0.25) is 0 Å². The van der Waals surface area contributed by atoms with Crippen LogP contribution >= 0.6 is 11.3 Å². The SMILES string of the molecule is Nc1cccc(F)c1C1CC(c2csc(C3CCNCC3)n2)=NO1. The molecule has 0 spiro atoms. The Morgan fingerprint density at radius 2 is 2.12 bits per heavy atom. The van der Waals surface area contributed by atoms with E-state index in [0.29, 0.717) is 23.6 Å². The summed E-state index contributed by atoms with van der Waals surface area (Å²) >= 11 is 1.67. The van der Waals surface area contributed by atoms with Crippen LogP contribution in [0.25, 0.3) is 0 Å². The van der Waals surface area contributed by atoms with Gasteiger partial charge in [-0.15, -0.1) is 11.3 Å². The van der Waals surface area contributed by atoms with Gasteiger partial charge >= 0.3 is 0 Å². The number of oxime groups is 1. The number of piperidine rings is 1. The van der Waals surface area contributed by atoms with Crippen molar-refractivity contribution in [2.75, 3.05) is 18.8 Å². The van der Waals surface area contributed by atoms with Crippen LogP contribution in [0.4, 0.5) is 10.1 Å². The molecule has 1 unspecified atom stereocenters. The third-order valence-electron chi connectivity index (χ3n) is 4.58. The highest BCUT2D eigenvalue weighted by Gasteiger charge is 2.29. The van der Waals surface area contributed by atoms with Crippen molar-refractivity contribution < 1.29 is 9.23 Å². The van der Waals surface area contributed by atoms with Crippen LogP contribution in [0.1, 0.15) is 47.5 Å². The molecule has 1 fully saturated rings. The summed E-state index contributed by atoms with van der Waals surface area (Å²) in [7, 11) is 0. The van der Waals surface area contributed by atoms with E-state index in [-0.39, 0.29) is 5.82 Å². The summed E-state index contributed by atoms with van der Waals surface area (Å²) in [6, 6.07) is 4.67. The van der Waals surface area contributed by atoms with Crippen LogP contribution in [0.5, 0.6) is 0 Å². The van der Waals surface area contributed by atoms with E-state index in [2.05, 4.69) is 10.5 Å². The average Bonchev–Trinajstić information content (AvgIpc) is 3.25. The van der Waals surface area contributed by atoms with Gasteiger partial charge in [-0.3, -0.25) is 0 Å². The second-order valence-electron chi connectivity index (χ2n) is 6.17. The minimum atomic E-state index is -0.481. The van der Waals surface area contributed by atoms with Crippen molar-refractivity contribution in [2.45, 2.75) is 31.3 Å². The lowest BCUT2D eigenvalue weighted by molar-refractivity contribution is 0.0835. The van der Waals surface area contributed by atoms with Crippen molar-refractivity contribution in [3.63, 3.8) is 0 Å². The summed E-state index contributed by atoms with van der Waals surface area (Å²) in [4.78, 5) is 10.2.